The van der Waals surface area contributed by atoms with Crippen molar-refractivity contribution in [1.82, 2.24) is 16.0 Å². The van der Waals surface area contributed by atoms with E-state index in [2.05, 4.69) is 29.8 Å². The number of nitrogens with one attached hydrogen (secondary N) is 3. The Morgan fingerprint density at radius 3 is 2.44 bits per heavy atom. The second-order valence-corrected chi connectivity index (χ2v) is 5.46. The Hall–Kier alpha value is -1.10. The number of imide groups is 1. The first-order valence-electron chi connectivity index (χ1n) is 6.72. The van der Waals surface area contributed by atoms with E-state index in [0.29, 0.717) is 12.0 Å². The molecule has 0 aromatic rings. The third kappa shape index (κ3) is 4.29. The van der Waals surface area contributed by atoms with Gasteiger partial charge in [-0.1, -0.05) is 13.8 Å². The van der Waals surface area contributed by atoms with Gasteiger partial charge in [-0.15, -0.1) is 0 Å². The number of amides is 3. The van der Waals surface area contributed by atoms with Gasteiger partial charge in [0.25, 0.3) is 0 Å². The molecule has 0 aromatic heterocycles. The van der Waals surface area contributed by atoms with Crippen LogP contribution < -0.4 is 16.0 Å². The first-order chi connectivity index (χ1) is 8.43. The average Bonchev–Trinajstić information content (AvgIpc) is 2.32. The maximum Gasteiger partial charge on any atom is 0.321 e. The van der Waals surface area contributed by atoms with Crippen LogP contribution in [0.2, 0.25) is 0 Å². The van der Waals surface area contributed by atoms with Gasteiger partial charge in [0.2, 0.25) is 5.91 Å². The number of hydrogen-bond donors (Lipinski definition) is 3. The molecule has 3 amide bonds. The lowest BCUT2D eigenvalue weighted by Gasteiger charge is -2.34. The smallest absolute Gasteiger partial charge is 0.321 e. The summed E-state index contributed by atoms with van der Waals surface area (Å²) < 4.78 is 0. The first-order valence-corrected chi connectivity index (χ1v) is 6.72. The molecule has 18 heavy (non-hydrogen) atoms. The van der Waals surface area contributed by atoms with Crippen molar-refractivity contribution in [2.45, 2.75) is 52.1 Å². The fourth-order valence-electron chi connectivity index (χ4n) is 2.59. The van der Waals surface area contributed by atoms with Gasteiger partial charge in [0.1, 0.15) is 0 Å². The van der Waals surface area contributed by atoms with Crippen molar-refractivity contribution in [2.75, 3.05) is 7.05 Å². The summed E-state index contributed by atoms with van der Waals surface area (Å²) in [6.45, 7) is 6.29. The molecule has 0 aliphatic heterocycles. The molecule has 0 saturated heterocycles. The van der Waals surface area contributed by atoms with Crippen LogP contribution in [0.1, 0.15) is 40.0 Å². The van der Waals surface area contributed by atoms with E-state index in [4.69, 9.17) is 0 Å². The lowest BCUT2D eigenvalue weighted by atomic mass is 9.79. The van der Waals surface area contributed by atoms with Crippen LogP contribution in [0.4, 0.5) is 4.79 Å². The molecule has 5 heteroatoms. The van der Waals surface area contributed by atoms with E-state index in [1.54, 1.807) is 6.92 Å². The van der Waals surface area contributed by atoms with Gasteiger partial charge in [-0.2, -0.15) is 0 Å². The third-order valence-corrected chi connectivity index (χ3v) is 3.75. The number of hydrogen-bond acceptors (Lipinski definition) is 3. The minimum absolute atomic E-state index is 0.278. The summed E-state index contributed by atoms with van der Waals surface area (Å²) in [4.78, 5) is 22.8. The van der Waals surface area contributed by atoms with Crippen LogP contribution in [0.3, 0.4) is 0 Å². The van der Waals surface area contributed by atoms with Gasteiger partial charge < -0.3 is 10.6 Å². The van der Waals surface area contributed by atoms with Gasteiger partial charge in [0.15, 0.2) is 0 Å². The fraction of sp³-hybridized carbons (Fsp3) is 0.846. The van der Waals surface area contributed by atoms with Crippen molar-refractivity contribution in [2.24, 2.45) is 11.8 Å². The minimum Gasteiger partial charge on any atom is -0.341 e. The van der Waals surface area contributed by atoms with Gasteiger partial charge in [0, 0.05) is 13.1 Å². The molecule has 0 heterocycles. The van der Waals surface area contributed by atoms with Crippen molar-refractivity contribution in [3.8, 4) is 0 Å². The third-order valence-electron chi connectivity index (χ3n) is 3.75. The van der Waals surface area contributed by atoms with Crippen LogP contribution in [0, 0.1) is 11.8 Å². The van der Waals surface area contributed by atoms with E-state index in [1.807, 2.05) is 0 Å². The quantitative estimate of drug-likeness (QED) is 0.710. The van der Waals surface area contributed by atoms with Gasteiger partial charge in [-0.3, -0.25) is 10.1 Å². The summed E-state index contributed by atoms with van der Waals surface area (Å²) in [7, 11) is 1.49. The van der Waals surface area contributed by atoms with Crippen molar-refractivity contribution in [1.29, 1.82) is 0 Å². The van der Waals surface area contributed by atoms with Crippen LogP contribution in [-0.2, 0) is 4.79 Å². The van der Waals surface area contributed by atoms with E-state index in [9.17, 15) is 9.59 Å². The highest BCUT2D eigenvalue weighted by molar-refractivity contribution is 5.96. The molecule has 1 aliphatic rings. The Kier molecular flexibility index (Phi) is 5.59. The van der Waals surface area contributed by atoms with Crippen molar-refractivity contribution in [3.63, 3.8) is 0 Å². The normalized spacial score (nSPS) is 29.4. The maximum atomic E-state index is 11.7. The predicted octanol–water partition coefficient (Wildman–Crippen LogP) is 1.24. The molecule has 1 aliphatic carbocycles. The summed E-state index contributed by atoms with van der Waals surface area (Å²) in [5, 5.41) is 7.99. The zero-order valence-corrected chi connectivity index (χ0v) is 11.7. The van der Waals surface area contributed by atoms with E-state index in [0.717, 1.165) is 12.3 Å². The molecule has 1 fully saturated rings. The van der Waals surface area contributed by atoms with Crippen molar-refractivity contribution >= 4 is 11.9 Å². The van der Waals surface area contributed by atoms with Crippen LogP contribution >= 0.6 is 0 Å². The predicted molar refractivity (Wildman–Crippen MR) is 71.2 cm³/mol. The van der Waals surface area contributed by atoms with Gasteiger partial charge >= 0.3 is 6.03 Å². The van der Waals surface area contributed by atoms with Crippen molar-refractivity contribution in [3.05, 3.63) is 0 Å². The molecule has 0 aromatic carbocycles. The molecule has 1 rings (SSSR count). The van der Waals surface area contributed by atoms with E-state index in [-0.39, 0.29) is 11.9 Å². The van der Waals surface area contributed by atoms with Gasteiger partial charge in [-0.05, 0) is 38.0 Å². The zero-order valence-electron chi connectivity index (χ0n) is 11.7. The number of carbonyl (C=O) groups is 2. The SMILES string of the molecule is CNC(=O)NC(=O)C(C)NC1CCC(C)CC1C. The summed E-state index contributed by atoms with van der Waals surface area (Å²) in [5.41, 5.74) is 0. The summed E-state index contributed by atoms with van der Waals surface area (Å²) >= 11 is 0. The largest absolute Gasteiger partial charge is 0.341 e. The molecule has 5 nitrogen and oxygen atoms in total. The molecule has 0 spiro atoms. The maximum absolute atomic E-state index is 11.7. The van der Waals surface area contributed by atoms with E-state index in [1.165, 1.54) is 19.9 Å². The Morgan fingerprint density at radius 2 is 1.89 bits per heavy atom. The molecule has 104 valence electrons. The van der Waals surface area contributed by atoms with Crippen LogP contribution in [0.15, 0.2) is 0 Å². The molecule has 4 atom stereocenters. The lowest BCUT2D eigenvalue weighted by Crippen LogP contribution is -2.52. The summed E-state index contributed by atoms with van der Waals surface area (Å²) in [5.74, 6) is 1.07. The topological polar surface area (TPSA) is 70.2 Å². The van der Waals surface area contributed by atoms with Crippen LogP contribution in [0.5, 0.6) is 0 Å². The van der Waals surface area contributed by atoms with E-state index < -0.39 is 6.03 Å². The first kappa shape index (κ1) is 15.0. The Bertz CT molecular complexity index is 307. The number of urea groups is 1. The highest BCUT2D eigenvalue weighted by Crippen LogP contribution is 2.28. The standard InChI is InChI=1S/C13H25N3O2/c1-8-5-6-11(9(2)7-8)15-10(3)12(17)16-13(18)14-4/h8-11,15H,5-7H2,1-4H3,(H2,14,16,17,18). The molecule has 1 saturated carbocycles. The molecule has 3 N–H and O–H groups in total. The highest BCUT2D eigenvalue weighted by Gasteiger charge is 2.28. The Balaban J connectivity index is 2.41. The number of carbonyl (C=O) groups excluding carboxylic acids is 2. The molecular formula is C13H25N3O2. The molecular weight excluding hydrogens is 230 g/mol. The Labute approximate surface area is 109 Å². The second kappa shape index (κ2) is 6.73. The van der Waals surface area contributed by atoms with Crippen LogP contribution in [-0.4, -0.2) is 31.1 Å². The minimum atomic E-state index is -0.459. The molecule has 0 bridgehead atoms. The summed E-state index contributed by atoms with van der Waals surface area (Å²) in [6, 6.07) is -0.436. The molecule has 0 radical (unpaired) electrons. The monoisotopic (exact) mass is 255 g/mol. The van der Waals surface area contributed by atoms with E-state index >= 15 is 0 Å². The van der Waals surface area contributed by atoms with Crippen molar-refractivity contribution < 1.29 is 9.59 Å². The summed E-state index contributed by atoms with van der Waals surface area (Å²) in [6.07, 6.45) is 3.49. The highest BCUT2D eigenvalue weighted by atomic mass is 16.2. The van der Waals surface area contributed by atoms with Gasteiger partial charge in [-0.25, -0.2) is 4.79 Å². The Morgan fingerprint density at radius 1 is 1.22 bits per heavy atom. The average molecular weight is 255 g/mol. The molecule has 4 unspecified atom stereocenters. The van der Waals surface area contributed by atoms with Gasteiger partial charge in [0.05, 0.1) is 6.04 Å². The van der Waals surface area contributed by atoms with Crippen LogP contribution in [0.25, 0.3) is 0 Å². The second-order valence-electron chi connectivity index (χ2n) is 5.46. The number of rotatable bonds is 3. The fourth-order valence-corrected chi connectivity index (χ4v) is 2.59. The lowest BCUT2D eigenvalue weighted by molar-refractivity contribution is -0.122. The zero-order chi connectivity index (χ0) is 13.7.